The van der Waals surface area contributed by atoms with Crippen molar-refractivity contribution in [3.05, 3.63) is 71.8 Å². The molecule has 5 atom stereocenters. The lowest BCUT2D eigenvalue weighted by atomic mass is 9.98. The highest BCUT2D eigenvalue weighted by Gasteiger charge is 2.51. The third-order valence-electron chi connectivity index (χ3n) is 5.47. The van der Waals surface area contributed by atoms with Crippen molar-refractivity contribution in [2.45, 2.75) is 44.6 Å². The summed E-state index contributed by atoms with van der Waals surface area (Å²) in [5.41, 5.74) is 1.19. The number of esters is 3. The normalized spacial score (nSPS) is 22.5. The van der Waals surface area contributed by atoms with Gasteiger partial charge in [-0.2, -0.15) is 0 Å². The van der Waals surface area contributed by atoms with Crippen LogP contribution < -0.4 is 4.74 Å². The van der Waals surface area contributed by atoms with Crippen molar-refractivity contribution in [2.75, 3.05) is 6.61 Å². The van der Waals surface area contributed by atoms with E-state index in [2.05, 4.69) is 0 Å². The quantitative estimate of drug-likeness (QED) is 0.221. The molecule has 1 saturated heterocycles. The van der Waals surface area contributed by atoms with Crippen LogP contribution in [0.25, 0.3) is 12.2 Å². The van der Waals surface area contributed by atoms with E-state index < -0.39 is 61.2 Å². The molecule has 0 bridgehead atoms. The largest absolute Gasteiger partial charge is 0.508 e. The minimum absolute atomic E-state index is 0.0697. The molecule has 12 nitrogen and oxygen atoms in total. The van der Waals surface area contributed by atoms with Crippen LogP contribution in [0, 0.1) is 0 Å². The number of carbonyl (C=O) groups excluding carboxylic acids is 3. The van der Waals surface area contributed by atoms with Gasteiger partial charge in [-0.3, -0.25) is 9.59 Å². The van der Waals surface area contributed by atoms with Crippen LogP contribution in [0.15, 0.2) is 60.7 Å². The Morgan fingerprint density at radius 1 is 0.850 bits per heavy atom. The molecule has 1 heterocycles. The first-order valence-corrected chi connectivity index (χ1v) is 12.0. The Labute approximate surface area is 229 Å². The molecule has 0 radical (unpaired) electrons. The Morgan fingerprint density at radius 2 is 1.40 bits per heavy atom. The van der Waals surface area contributed by atoms with Gasteiger partial charge in [-0.1, -0.05) is 24.3 Å². The fourth-order valence-electron chi connectivity index (χ4n) is 3.69. The number of hydrogen-bond donors (Lipinski definition) is 3. The fourth-order valence-corrected chi connectivity index (χ4v) is 3.69. The Balaban J connectivity index is 1.77. The monoisotopic (exact) mass is 556 g/mol. The number of benzene rings is 2. The molecule has 5 unspecified atom stereocenters. The van der Waals surface area contributed by atoms with Gasteiger partial charge < -0.3 is 39.0 Å². The summed E-state index contributed by atoms with van der Waals surface area (Å²) in [5.74, 6) is -3.12. The summed E-state index contributed by atoms with van der Waals surface area (Å²) in [6.07, 6.45) is -2.07. The van der Waals surface area contributed by atoms with Gasteiger partial charge >= 0.3 is 23.9 Å². The Morgan fingerprint density at radius 3 is 1.98 bits per heavy atom. The molecule has 0 saturated carbocycles. The number of hydrogen-bond acceptors (Lipinski definition) is 11. The Hall–Kier alpha value is -4.68. The van der Waals surface area contributed by atoms with Gasteiger partial charge in [0.1, 0.15) is 30.3 Å². The van der Waals surface area contributed by atoms with Crippen LogP contribution in [0.3, 0.4) is 0 Å². The molecule has 1 fully saturated rings. The van der Waals surface area contributed by atoms with Crippen LogP contribution in [-0.2, 0) is 38.1 Å². The molecule has 12 heteroatoms. The second-order valence-corrected chi connectivity index (χ2v) is 8.59. The summed E-state index contributed by atoms with van der Waals surface area (Å²) in [6, 6.07) is 12.2. The number of rotatable bonds is 10. The molecule has 1 aliphatic rings. The zero-order valence-electron chi connectivity index (χ0n) is 21.5. The maximum atomic E-state index is 12.3. The molecule has 0 amide bonds. The van der Waals surface area contributed by atoms with E-state index in [9.17, 15) is 29.4 Å². The molecule has 0 aliphatic carbocycles. The molecule has 40 heavy (non-hydrogen) atoms. The topological polar surface area (TPSA) is 175 Å². The first-order chi connectivity index (χ1) is 19.0. The van der Waals surface area contributed by atoms with Crippen molar-refractivity contribution in [1.82, 2.24) is 0 Å². The smallest absolute Gasteiger partial charge is 0.330 e. The average Bonchev–Trinajstić information content (AvgIpc) is 2.90. The molecule has 0 spiro atoms. The summed E-state index contributed by atoms with van der Waals surface area (Å²) in [5, 5.41) is 29.0. The molecular formula is C28H28O12. The second-order valence-electron chi connectivity index (χ2n) is 8.59. The Bertz CT molecular complexity index is 1250. The number of phenolic OH excluding ortho intramolecular Hbond substituents is 1. The third kappa shape index (κ3) is 8.96. The van der Waals surface area contributed by atoms with Crippen molar-refractivity contribution in [3.63, 3.8) is 0 Å². The van der Waals surface area contributed by atoms with Crippen LogP contribution >= 0.6 is 0 Å². The number of aliphatic hydroxyl groups is 1. The highest BCUT2D eigenvalue weighted by atomic mass is 16.7. The van der Waals surface area contributed by atoms with Crippen LogP contribution in [-0.4, -0.2) is 76.5 Å². The Kier molecular flexibility index (Phi) is 10.4. The molecule has 3 N–H and O–H groups in total. The van der Waals surface area contributed by atoms with Crippen LogP contribution in [0.5, 0.6) is 11.5 Å². The highest BCUT2D eigenvalue weighted by Crippen LogP contribution is 2.29. The SMILES string of the molecule is CC(=O)OC1C(Oc2ccc(C=CC(=O)O)cc2)OC(COC(=O)C=Cc2ccc(O)cc2)C(O)C1OC(C)=O. The van der Waals surface area contributed by atoms with E-state index in [0.29, 0.717) is 11.1 Å². The van der Waals surface area contributed by atoms with E-state index in [1.165, 1.54) is 36.4 Å². The lowest BCUT2D eigenvalue weighted by Gasteiger charge is -2.42. The predicted octanol–water partition coefficient (Wildman–Crippen LogP) is 2.07. The first-order valence-electron chi connectivity index (χ1n) is 12.0. The van der Waals surface area contributed by atoms with Crippen molar-refractivity contribution in [1.29, 1.82) is 0 Å². The maximum absolute atomic E-state index is 12.3. The summed E-state index contributed by atoms with van der Waals surface area (Å²) >= 11 is 0. The van der Waals surface area contributed by atoms with Gasteiger partial charge in [-0.15, -0.1) is 0 Å². The van der Waals surface area contributed by atoms with E-state index in [-0.39, 0.29) is 11.5 Å². The standard InChI is InChI=1S/C28H28O12/c1-16(29)37-26-25(35)22(15-36-24(34)14-8-18-3-9-20(31)10-4-18)40-28(27(26)38-17(2)30)39-21-11-5-19(6-12-21)7-13-23(32)33/h3-14,22,25-28,31,35H,15H2,1-2H3,(H,32,33). The number of aliphatic hydroxyl groups excluding tert-OH is 1. The fraction of sp³-hybridized carbons (Fsp3) is 0.286. The second kappa shape index (κ2) is 13.9. The zero-order chi connectivity index (χ0) is 29.2. The van der Waals surface area contributed by atoms with Crippen molar-refractivity contribution in [3.8, 4) is 11.5 Å². The predicted molar refractivity (Wildman–Crippen MR) is 138 cm³/mol. The van der Waals surface area contributed by atoms with E-state index in [4.69, 9.17) is 28.8 Å². The van der Waals surface area contributed by atoms with Gasteiger partial charge in [0, 0.05) is 26.0 Å². The van der Waals surface area contributed by atoms with E-state index in [1.54, 1.807) is 24.3 Å². The molecule has 3 rings (SSSR count). The van der Waals surface area contributed by atoms with E-state index in [1.807, 2.05) is 0 Å². The molecule has 2 aromatic rings. The van der Waals surface area contributed by atoms with Gasteiger partial charge in [-0.25, -0.2) is 9.59 Å². The lowest BCUT2D eigenvalue weighted by molar-refractivity contribution is -0.285. The number of ether oxygens (including phenoxy) is 5. The summed E-state index contributed by atoms with van der Waals surface area (Å²) < 4.78 is 27.4. The molecular weight excluding hydrogens is 528 g/mol. The highest BCUT2D eigenvalue weighted by molar-refractivity contribution is 5.87. The van der Waals surface area contributed by atoms with Gasteiger partial charge in [0.25, 0.3) is 0 Å². The van der Waals surface area contributed by atoms with Gasteiger partial charge in [0.2, 0.25) is 12.4 Å². The summed E-state index contributed by atoms with van der Waals surface area (Å²) in [4.78, 5) is 46.6. The van der Waals surface area contributed by atoms with Gasteiger partial charge in [-0.05, 0) is 47.5 Å². The van der Waals surface area contributed by atoms with Crippen LogP contribution in [0.2, 0.25) is 0 Å². The van der Waals surface area contributed by atoms with Crippen LogP contribution in [0.4, 0.5) is 0 Å². The lowest BCUT2D eigenvalue weighted by Crippen LogP contribution is -2.62. The number of carbonyl (C=O) groups is 4. The number of aliphatic carboxylic acids is 1. The van der Waals surface area contributed by atoms with Crippen molar-refractivity contribution in [2.24, 2.45) is 0 Å². The van der Waals surface area contributed by atoms with Gasteiger partial charge in [0.05, 0.1) is 0 Å². The number of carboxylic acids is 1. The average molecular weight is 557 g/mol. The maximum Gasteiger partial charge on any atom is 0.330 e. The van der Waals surface area contributed by atoms with Crippen molar-refractivity contribution < 1.29 is 58.2 Å². The molecule has 1 aliphatic heterocycles. The summed E-state index contributed by atoms with van der Waals surface area (Å²) in [7, 11) is 0. The molecule has 2 aromatic carbocycles. The zero-order valence-corrected chi connectivity index (χ0v) is 21.5. The van der Waals surface area contributed by atoms with E-state index in [0.717, 1.165) is 26.0 Å². The van der Waals surface area contributed by atoms with Crippen molar-refractivity contribution >= 4 is 36.0 Å². The minimum Gasteiger partial charge on any atom is -0.508 e. The number of carboxylic acid groups (broad SMARTS) is 1. The number of aromatic hydroxyl groups is 1. The minimum atomic E-state index is -1.56. The first kappa shape index (κ1) is 29.9. The third-order valence-corrected chi connectivity index (χ3v) is 5.47. The van der Waals surface area contributed by atoms with Gasteiger partial charge in [0.15, 0.2) is 6.10 Å². The van der Waals surface area contributed by atoms with E-state index >= 15 is 0 Å². The van der Waals surface area contributed by atoms with Crippen LogP contribution in [0.1, 0.15) is 25.0 Å². The summed E-state index contributed by atoms with van der Waals surface area (Å²) in [6.45, 7) is 1.75. The molecule has 0 aromatic heterocycles. The molecule has 212 valence electrons. The number of phenols is 1.